The molecule has 188 valence electrons. The predicted octanol–water partition coefficient (Wildman–Crippen LogP) is 4.55. The molecule has 1 fully saturated rings. The van der Waals surface area contributed by atoms with Gasteiger partial charge in [-0.1, -0.05) is 24.3 Å². The van der Waals surface area contributed by atoms with Gasteiger partial charge < -0.3 is 25.2 Å². The van der Waals surface area contributed by atoms with Gasteiger partial charge in [0.25, 0.3) is 11.8 Å². The molecule has 0 saturated carbocycles. The Balaban J connectivity index is 1.56. The maximum atomic E-state index is 14.1. The summed E-state index contributed by atoms with van der Waals surface area (Å²) in [6.07, 6.45) is 0. The van der Waals surface area contributed by atoms with Crippen molar-refractivity contribution in [2.75, 3.05) is 48.4 Å². The molecule has 3 aromatic rings. The summed E-state index contributed by atoms with van der Waals surface area (Å²) in [7, 11) is 1.67. The second kappa shape index (κ2) is 11.1. The van der Waals surface area contributed by atoms with Gasteiger partial charge in [0.15, 0.2) is 0 Å². The Labute approximate surface area is 210 Å². The van der Waals surface area contributed by atoms with E-state index >= 15 is 0 Å². The van der Waals surface area contributed by atoms with Crippen molar-refractivity contribution in [3.63, 3.8) is 0 Å². The zero-order chi connectivity index (χ0) is 25.7. The number of carbonyl (C=O) groups excluding carboxylic acids is 2. The molecule has 4 rings (SSSR count). The van der Waals surface area contributed by atoms with Crippen LogP contribution in [0, 0.1) is 5.82 Å². The number of amides is 2. The number of nitrogens with one attached hydrogen (secondary N) is 2. The molecule has 8 heteroatoms. The van der Waals surface area contributed by atoms with Crippen molar-refractivity contribution in [1.82, 2.24) is 5.32 Å². The largest absolute Gasteiger partial charge is 0.495 e. The number of carbonyl (C=O) groups is 2. The van der Waals surface area contributed by atoms with E-state index in [1.807, 2.05) is 44.2 Å². The summed E-state index contributed by atoms with van der Waals surface area (Å²) in [5.74, 6) is -0.564. The summed E-state index contributed by atoms with van der Waals surface area (Å²) < 4.78 is 19.6. The van der Waals surface area contributed by atoms with Crippen LogP contribution in [0.5, 0.6) is 5.75 Å². The number of nitrogens with zero attached hydrogens (tertiary/aromatic N) is 2. The Bertz CT molecular complexity index is 1240. The van der Waals surface area contributed by atoms with Crippen LogP contribution in [0.3, 0.4) is 0 Å². The molecule has 0 spiro atoms. The molecule has 0 bridgehead atoms. The number of hydrogen-bond donors (Lipinski definition) is 2. The first-order chi connectivity index (χ1) is 17.4. The number of benzene rings is 3. The van der Waals surface area contributed by atoms with Crippen LogP contribution in [0.25, 0.3) is 0 Å². The molecule has 0 atom stereocenters. The number of ether oxygens (including phenoxy) is 1. The molecule has 3 aromatic carbocycles. The lowest BCUT2D eigenvalue weighted by Gasteiger charge is -2.38. The fraction of sp³-hybridized carbons (Fsp3) is 0.286. The van der Waals surface area contributed by atoms with Crippen LogP contribution in [0.4, 0.5) is 21.5 Å². The van der Waals surface area contributed by atoms with Gasteiger partial charge in [-0.05, 0) is 56.3 Å². The quantitative estimate of drug-likeness (QED) is 0.508. The number of methoxy groups -OCH3 is 1. The van der Waals surface area contributed by atoms with Gasteiger partial charge in [0.05, 0.1) is 23.9 Å². The average Bonchev–Trinajstić information content (AvgIpc) is 2.88. The summed E-state index contributed by atoms with van der Waals surface area (Å²) >= 11 is 0. The van der Waals surface area contributed by atoms with Crippen LogP contribution in [-0.4, -0.2) is 51.1 Å². The Morgan fingerprint density at radius 2 is 1.47 bits per heavy atom. The minimum atomic E-state index is -0.600. The first-order valence-corrected chi connectivity index (χ1v) is 12.0. The highest BCUT2D eigenvalue weighted by Gasteiger charge is 2.24. The van der Waals surface area contributed by atoms with Gasteiger partial charge in [-0.15, -0.1) is 0 Å². The maximum absolute atomic E-state index is 14.1. The molecule has 7 nitrogen and oxygen atoms in total. The van der Waals surface area contributed by atoms with Crippen molar-refractivity contribution < 1.29 is 18.7 Å². The van der Waals surface area contributed by atoms with Crippen molar-refractivity contribution in [3.05, 3.63) is 83.7 Å². The summed E-state index contributed by atoms with van der Waals surface area (Å²) in [6, 6.07) is 18.9. The van der Waals surface area contributed by atoms with Gasteiger partial charge >= 0.3 is 0 Å². The lowest BCUT2D eigenvalue weighted by atomic mass is 10.1. The monoisotopic (exact) mass is 490 g/mol. The van der Waals surface area contributed by atoms with Gasteiger partial charge in [0.1, 0.15) is 11.6 Å². The average molecular weight is 491 g/mol. The zero-order valence-corrected chi connectivity index (χ0v) is 20.8. The van der Waals surface area contributed by atoms with E-state index < -0.39 is 11.7 Å². The van der Waals surface area contributed by atoms with Crippen molar-refractivity contribution in [3.8, 4) is 5.75 Å². The van der Waals surface area contributed by atoms with Gasteiger partial charge in [-0.3, -0.25) is 9.59 Å². The Morgan fingerprint density at radius 3 is 2.14 bits per heavy atom. The number of rotatable bonds is 7. The molecule has 2 amide bonds. The van der Waals surface area contributed by atoms with Crippen LogP contribution >= 0.6 is 0 Å². The Morgan fingerprint density at radius 1 is 0.833 bits per heavy atom. The Kier molecular flexibility index (Phi) is 7.73. The molecule has 0 aromatic heterocycles. The van der Waals surface area contributed by atoms with E-state index in [2.05, 4.69) is 20.4 Å². The highest BCUT2D eigenvalue weighted by atomic mass is 19.1. The molecule has 1 aliphatic rings. The highest BCUT2D eigenvalue weighted by molar-refractivity contribution is 6.06. The van der Waals surface area contributed by atoms with Gasteiger partial charge in [0, 0.05) is 43.6 Å². The smallest absolute Gasteiger partial charge is 0.258 e. The lowest BCUT2D eigenvalue weighted by Crippen LogP contribution is -2.47. The van der Waals surface area contributed by atoms with Gasteiger partial charge in [0.2, 0.25) is 0 Å². The zero-order valence-electron chi connectivity index (χ0n) is 20.8. The number of halogens is 1. The third-order valence-corrected chi connectivity index (χ3v) is 6.08. The summed E-state index contributed by atoms with van der Waals surface area (Å²) in [5.41, 5.74) is 2.66. The van der Waals surface area contributed by atoms with Crippen molar-refractivity contribution >= 4 is 28.9 Å². The molecular weight excluding hydrogens is 459 g/mol. The van der Waals surface area contributed by atoms with Crippen molar-refractivity contribution in [2.45, 2.75) is 19.9 Å². The van der Waals surface area contributed by atoms with Crippen molar-refractivity contribution in [1.29, 1.82) is 0 Å². The van der Waals surface area contributed by atoms with E-state index in [1.54, 1.807) is 25.3 Å². The molecule has 36 heavy (non-hydrogen) atoms. The van der Waals surface area contributed by atoms with E-state index in [4.69, 9.17) is 4.74 Å². The fourth-order valence-corrected chi connectivity index (χ4v) is 4.33. The van der Waals surface area contributed by atoms with Crippen LogP contribution in [0.1, 0.15) is 34.6 Å². The minimum Gasteiger partial charge on any atom is -0.495 e. The second-order valence-corrected chi connectivity index (χ2v) is 8.94. The minimum absolute atomic E-state index is 0.0515. The molecule has 0 aliphatic carbocycles. The maximum Gasteiger partial charge on any atom is 0.258 e. The summed E-state index contributed by atoms with van der Waals surface area (Å²) in [6.45, 7) is 6.73. The standard InChI is InChI=1S/C28H31FN4O3/c1-19(2)30-28(35)22-18-20(31-27(34)21-8-4-5-9-23(21)29)12-13-24(22)32-14-16-33(17-15-32)25-10-6-7-11-26(25)36-3/h4-13,18-19H,14-17H2,1-3H3,(H,30,35)(H,31,34). The molecule has 2 N–H and O–H groups in total. The first-order valence-electron chi connectivity index (χ1n) is 12.0. The third kappa shape index (κ3) is 5.59. The summed E-state index contributed by atoms with van der Waals surface area (Å²) in [4.78, 5) is 30.2. The highest BCUT2D eigenvalue weighted by Crippen LogP contribution is 2.31. The van der Waals surface area contributed by atoms with Crippen LogP contribution in [-0.2, 0) is 0 Å². The predicted molar refractivity (Wildman–Crippen MR) is 141 cm³/mol. The molecule has 1 saturated heterocycles. The summed E-state index contributed by atoms with van der Waals surface area (Å²) in [5, 5.41) is 5.66. The van der Waals surface area contributed by atoms with Crippen LogP contribution < -0.4 is 25.2 Å². The Hall–Kier alpha value is -4.07. The van der Waals surface area contributed by atoms with Crippen LogP contribution in [0.15, 0.2) is 66.7 Å². The topological polar surface area (TPSA) is 73.9 Å². The first kappa shape index (κ1) is 25.0. The van der Waals surface area contributed by atoms with E-state index in [1.165, 1.54) is 18.2 Å². The van der Waals surface area contributed by atoms with Gasteiger partial charge in [-0.2, -0.15) is 0 Å². The number of hydrogen-bond acceptors (Lipinski definition) is 5. The molecule has 0 radical (unpaired) electrons. The van der Waals surface area contributed by atoms with E-state index in [9.17, 15) is 14.0 Å². The van der Waals surface area contributed by atoms with Crippen molar-refractivity contribution in [2.24, 2.45) is 0 Å². The fourth-order valence-electron chi connectivity index (χ4n) is 4.33. The molecule has 0 unspecified atom stereocenters. The molecule has 1 aliphatic heterocycles. The lowest BCUT2D eigenvalue weighted by molar-refractivity contribution is 0.0942. The van der Waals surface area contributed by atoms with Gasteiger partial charge in [-0.25, -0.2) is 4.39 Å². The van der Waals surface area contributed by atoms with E-state index in [0.29, 0.717) is 24.3 Å². The van der Waals surface area contributed by atoms with E-state index in [0.717, 1.165) is 30.2 Å². The number of para-hydroxylation sites is 2. The van der Waals surface area contributed by atoms with E-state index in [-0.39, 0.29) is 17.5 Å². The number of anilines is 3. The third-order valence-electron chi connectivity index (χ3n) is 6.08. The second-order valence-electron chi connectivity index (χ2n) is 8.94. The normalized spacial score (nSPS) is 13.5. The number of piperazine rings is 1. The molecular formula is C28H31FN4O3. The molecule has 1 heterocycles. The van der Waals surface area contributed by atoms with Crippen LogP contribution in [0.2, 0.25) is 0 Å². The SMILES string of the molecule is COc1ccccc1N1CCN(c2ccc(NC(=O)c3ccccc3F)cc2C(=O)NC(C)C)CC1.